The predicted molar refractivity (Wildman–Crippen MR) is 98.9 cm³/mol. The Morgan fingerprint density at radius 2 is 2.04 bits per heavy atom. The van der Waals surface area contributed by atoms with Crippen LogP contribution in [0.5, 0.6) is 0 Å². The number of hydrogen-bond acceptors (Lipinski definition) is 3. The highest BCUT2D eigenvalue weighted by Crippen LogP contribution is 2.33. The Morgan fingerprint density at radius 3 is 2.81 bits per heavy atom. The van der Waals surface area contributed by atoms with Gasteiger partial charge in [0, 0.05) is 36.5 Å². The van der Waals surface area contributed by atoms with Crippen molar-refractivity contribution in [1.29, 1.82) is 0 Å². The van der Waals surface area contributed by atoms with Crippen LogP contribution in [-0.4, -0.2) is 39.1 Å². The number of rotatable bonds is 3. The molecule has 1 atom stereocenters. The van der Waals surface area contributed by atoms with Crippen molar-refractivity contribution >= 4 is 5.91 Å². The summed E-state index contributed by atoms with van der Waals surface area (Å²) in [4.78, 5) is 29.0. The minimum Gasteiger partial charge on any atom is -0.338 e. The van der Waals surface area contributed by atoms with Crippen LogP contribution in [0.15, 0.2) is 53.6 Å². The first kappa shape index (κ1) is 17.2. The number of piperidine rings is 1. The molecule has 3 aromatic rings. The van der Waals surface area contributed by atoms with Gasteiger partial charge in [-0.25, -0.2) is 4.39 Å². The lowest BCUT2D eigenvalue weighted by Gasteiger charge is -2.32. The molecule has 0 spiro atoms. The van der Waals surface area contributed by atoms with E-state index < -0.39 is 0 Å². The fraction of sp³-hybridized carbons (Fsp3) is 0.250. The average molecular weight is 366 g/mol. The third-order valence-electron chi connectivity index (χ3n) is 4.99. The van der Waals surface area contributed by atoms with E-state index >= 15 is 0 Å². The number of H-pyrrole nitrogens is 2. The van der Waals surface area contributed by atoms with Crippen molar-refractivity contribution in [3.8, 4) is 11.1 Å². The van der Waals surface area contributed by atoms with Crippen molar-refractivity contribution in [1.82, 2.24) is 20.1 Å². The van der Waals surface area contributed by atoms with Gasteiger partial charge in [0.1, 0.15) is 11.4 Å². The van der Waals surface area contributed by atoms with Crippen LogP contribution in [0.25, 0.3) is 11.1 Å². The second kappa shape index (κ2) is 7.19. The molecule has 1 unspecified atom stereocenters. The summed E-state index contributed by atoms with van der Waals surface area (Å²) in [5.74, 6) is -0.469. The van der Waals surface area contributed by atoms with Crippen LogP contribution in [0.3, 0.4) is 0 Å². The standard InChI is InChI=1S/C20H19FN4O2/c21-15-7-5-13(6-8-15)17-11-23-24-18(17)14-3-2-10-25(12-14)20(27)16-4-1-9-22-19(16)26/h1,4-9,11,14H,2-3,10,12H2,(H,22,26)(H,23,24). The van der Waals surface area contributed by atoms with Gasteiger partial charge in [-0.3, -0.25) is 14.7 Å². The largest absolute Gasteiger partial charge is 0.338 e. The molecule has 1 aliphatic rings. The summed E-state index contributed by atoms with van der Waals surface area (Å²) in [7, 11) is 0. The Hall–Kier alpha value is -3.22. The molecule has 2 N–H and O–H groups in total. The summed E-state index contributed by atoms with van der Waals surface area (Å²) >= 11 is 0. The number of nitrogens with one attached hydrogen (secondary N) is 2. The van der Waals surface area contributed by atoms with Crippen molar-refractivity contribution in [2.75, 3.05) is 13.1 Å². The Kier molecular flexibility index (Phi) is 4.58. The number of likely N-dealkylation sites (tertiary alicyclic amines) is 1. The second-order valence-corrected chi connectivity index (χ2v) is 6.71. The van der Waals surface area contributed by atoms with Gasteiger partial charge in [0.15, 0.2) is 0 Å². The molecular formula is C20H19FN4O2. The van der Waals surface area contributed by atoms with Crippen molar-refractivity contribution in [2.24, 2.45) is 0 Å². The van der Waals surface area contributed by atoms with Gasteiger partial charge in [-0.15, -0.1) is 0 Å². The zero-order valence-corrected chi connectivity index (χ0v) is 14.6. The highest BCUT2D eigenvalue weighted by atomic mass is 19.1. The molecule has 27 heavy (non-hydrogen) atoms. The van der Waals surface area contributed by atoms with Crippen LogP contribution in [0, 0.1) is 5.82 Å². The van der Waals surface area contributed by atoms with E-state index in [9.17, 15) is 14.0 Å². The van der Waals surface area contributed by atoms with E-state index in [2.05, 4.69) is 15.2 Å². The smallest absolute Gasteiger partial charge is 0.260 e. The van der Waals surface area contributed by atoms with Crippen LogP contribution in [0.1, 0.15) is 34.8 Å². The fourth-order valence-electron chi connectivity index (χ4n) is 3.62. The van der Waals surface area contributed by atoms with Gasteiger partial charge in [-0.2, -0.15) is 5.10 Å². The molecule has 1 saturated heterocycles. The highest BCUT2D eigenvalue weighted by molar-refractivity contribution is 5.93. The number of amides is 1. The summed E-state index contributed by atoms with van der Waals surface area (Å²) in [5.41, 5.74) is 2.50. The molecular weight excluding hydrogens is 347 g/mol. The zero-order chi connectivity index (χ0) is 18.8. The van der Waals surface area contributed by atoms with Gasteiger partial charge >= 0.3 is 0 Å². The summed E-state index contributed by atoms with van der Waals surface area (Å²) in [6, 6.07) is 9.48. The molecule has 0 aliphatic carbocycles. The molecule has 1 aliphatic heterocycles. The lowest BCUT2D eigenvalue weighted by Crippen LogP contribution is -2.41. The maximum atomic E-state index is 13.2. The number of carbonyl (C=O) groups excluding carboxylic acids is 1. The fourth-order valence-corrected chi connectivity index (χ4v) is 3.62. The lowest BCUT2D eigenvalue weighted by molar-refractivity contribution is 0.0704. The molecule has 1 amide bonds. The number of hydrogen-bond donors (Lipinski definition) is 2. The Balaban J connectivity index is 1.59. The average Bonchev–Trinajstić information content (AvgIpc) is 3.18. The summed E-state index contributed by atoms with van der Waals surface area (Å²) < 4.78 is 13.2. The molecule has 0 bridgehead atoms. The monoisotopic (exact) mass is 366 g/mol. The van der Waals surface area contributed by atoms with E-state index in [1.54, 1.807) is 35.4 Å². The van der Waals surface area contributed by atoms with Crippen molar-refractivity contribution < 1.29 is 9.18 Å². The third-order valence-corrected chi connectivity index (χ3v) is 4.99. The molecule has 1 aromatic carbocycles. The van der Waals surface area contributed by atoms with E-state index in [0.29, 0.717) is 13.1 Å². The summed E-state index contributed by atoms with van der Waals surface area (Å²) in [6.45, 7) is 1.12. The molecule has 138 valence electrons. The number of pyridine rings is 1. The second-order valence-electron chi connectivity index (χ2n) is 6.71. The van der Waals surface area contributed by atoms with Crippen LogP contribution < -0.4 is 5.56 Å². The van der Waals surface area contributed by atoms with Crippen molar-refractivity contribution in [2.45, 2.75) is 18.8 Å². The molecule has 3 heterocycles. The maximum Gasteiger partial charge on any atom is 0.260 e. The van der Waals surface area contributed by atoms with Crippen molar-refractivity contribution in [3.05, 3.63) is 76.2 Å². The summed E-state index contributed by atoms with van der Waals surface area (Å²) in [5, 5.41) is 7.21. The molecule has 7 heteroatoms. The Morgan fingerprint density at radius 1 is 1.22 bits per heavy atom. The van der Waals surface area contributed by atoms with E-state index in [4.69, 9.17) is 0 Å². The highest BCUT2D eigenvalue weighted by Gasteiger charge is 2.29. The van der Waals surface area contributed by atoms with Crippen molar-refractivity contribution in [3.63, 3.8) is 0 Å². The first-order chi connectivity index (χ1) is 13.1. The summed E-state index contributed by atoms with van der Waals surface area (Å²) in [6.07, 6.45) is 4.98. The maximum absolute atomic E-state index is 13.2. The van der Waals surface area contributed by atoms with Crippen LogP contribution in [-0.2, 0) is 0 Å². The molecule has 0 saturated carbocycles. The molecule has 2 aromatic heterocycles. The van der Waals surface area contributed by atoms with Crippen LogP contribution in [0.4, 0.5) is 4.39 Å². The minimum atomic E-state index is -0.377. The SMILES string of the molecule is O=C(c1ccc[nH]c1=O)N1CCCC(c2[nH]ncc2-c2ccc(F)cc2)C1. The molecule has 6 nitrogen and oxygen atoms in total. The number of halogens is 1. The van der Waals surface area contributed by atoms with Gasteiger partial charge in [0.05, 0.1) is 6.20 Å². The zero-order valence-electron chi connectivity index (χ0n) is 14.6. The first-order valence-electron chi connectivity index (χ1n) is 8.89. The van der Waals surface area contributed by atoms with Gasteiger partial charge < -0.3 is 9.88 Å². The van der Waals surface area contributed by atoms with E-state index in [-0.39, 0.29) is 28.8 Å². The quantitative estimate of drug-likeness (QED) is 0.748. The van der Waals surface area contributed by atoms with E-state index in [1.807, 2.05) is 0 Å². The van der Waals surface area contributed by atoms with Gasteiger partial charge in [0.2, 0.25) is 0 Å². The molecule has 1 fully saturated rings. The third kappa shape index (κ3) is 3.40. The van der Waals surface area contributed by atoms with Gasteiger partial charge in [0.25, 0.3) is 11.5 Å². The van der Waals surface area contributed by atoms with Gasteiger partial charge in [-0.1, -0.05) is 12.1 Å². The lowest BCUT2D eigenvalue weighted by atomic mass is 9.90. The first-order valence-corrected chi connectivity index (χ1v) is 8.89. The topological polar surface area (TPSA) is 81.9 Å². The number of benzene rings is 1. The number of carbonyl (C=O) groups is 1. The molecule has 4 rings (SSSR count). The van der Waals surface area contributed by atoms with E-state index in [1.165, 1.54) is 18.3 Å². The number of aromatic nitrogens is 3. The Bertz CT molecular complexity index is 1010. The number of nitrogens with zero attached hydrogens (tertiary/aromatic N) is 2. The molecule has 0 radical (unpaired) electrons. The number of aromatic amines is 2. The van der Waals surface area contributed by atoms with Crippen LogP contribution in [0.2, 0.25) is 0 Å². The van der Waals surface area contributed by atoms with Crippen LogP contribution >= 0.6 is 0 Å². The normalized spacial score (nSPS) is 17.1. The van der Waals surface area contributed by atoms with Gasteiger partial charge in [-0.05, 0) is 42.7 Å². The van der Waals surface area contributed by atoms with E-state index in [0.717, 1.165) is 29.7 Å². The predicted octanol–water partition coefficient (Wildman–Crippen LogP) is 2.92. The Labute approximate surface area is 155 Å². The minimum absolute atomic E-state index is 0.0769.